The van der Waals surface area contributed by atoms with Gasteiger partial charge in [0.25, 0.3) is 5.91 Å². The van der Waals surface area contributed by atoms with Crippen molar-refractivity contribution in [2.24, 2.45) is 5.92 Å². The fourth-order valence-corrected chi connectivity index (χ4v) is 2.96. The maximum Gasteiger partial charge on any atom is 0.256 e. The van der Waals surface area contributed by atoms with Crippen LogP contribution in [0.3, 0.4) is 0 Å². The van der Waals surface area contributed by atoms with Crippen LogP contribution in [0.2, 0.25) is 0 Å². The summed E-state index contributed by atoms with van der Waals surface area (Å²) in [4.78, 5) is 12.5. The van der Waals surface area contributed by atoms with Crippen LogP contribution in [0.15, 0.2) is 34.9 Å². The minimum Gasteiger partial charge on any atom is -0.463 e. The lowest BCUT2D eigenvalue weighted by Gasteiger charge is -2.34. The van der Waals surface area contributed by atoms with Crippen molar-refractivity contribution in [3.05, 3.63) is 36.1 Å². The Bertz CT molecular complexity index is 703. The molecule has 1 amide bonds. The molecule has 0 radical (unpaired) electrons. The molecule has 4 nitrogen and oxygen atoms in total. The van der Waals surface area contributed by atoms with E-state index in [1.54, 1.807) is 0 Å². The van der Waals surface area contributed by atoms with E-state index < -0.39 is 5.54 Å². The van der Waals surface area contributed by atoms with Crippen molar-refractivity contribution in [3.8, 4) is 6.07 Å². The molecule has 1 heterocycles. The van der Waals surface area contributed by atoms with Gasteiger partial charge in [0.2, 0.25) is 0 Å². The van der Waals surface area contributed by atoms with Gasteiger partial charge < -0.3 is 9.73 Å². The first kappa shape index (κ1) is 13.7. The van der Waals surface area contributed by atoms with E-state index in [1.165, 1.54) is 6.26 Å². The molecule has 3 rings (SSSR count). The van der Waals surface area contributed by atoms with Crippen LogP contribution in [0.5, 0.6) is 0 Å². The molecule has 0 unspecified atom stereocenters. The summed E-state index contributed by atoms with van der Waals surface area (Å²) < 4.78 is 5.40. The maximum absolute atomic E-state index is 12.5. The predicted octanol–water partition coefficient (Wildman–Crippen LogP) is 3.64. The highest BCUT2D eigenvalue weighted by Gasteiger charge is 2.36. The van der Waals surface area contributed by atoms with Gasteiger partial charge in [0, 0.05) is 5.39 Å². The normalized spacial score (nSPS) is 25.4. The highest BCUT2D eigenvalue weighted by molar-refractivity contribution is 6.06. The number of fused-ring (bicyclic) bond motifs is 1. The maximum atomic E-state index is 12.5. The molecule has 0 aliphatic heterocycles. The minimum atomic E-state index is -0.734. The van der Waals surface area contributed by atoms with Crippen molar-refractivity contribution in [1.29, 1.82) is 5.26 Å². The van der Waals surface area contributed by atoms with Crippen LogP contribution in [0.4, 0.5) is 0 Å². The molecule has 0 spiro atoms. The summed E-state index contributed by atoms with van der Waals surface area (Å²) in [5, 5.41) is 13.2. The number of benzene rings is 1. The van der Waals surface area contributed by atoms with Gasteiger partial charge in [-0.2, -0.15) is 5.26 Å². The zero-order valence-corrected chi connectivity index (χ0v) is 12.1. The number of para-hydroxylation sites is 1. The Hall–Kier alpha value is -2.28. The number of rotatable bonds is 2. The molecule has 1 aliphatic carbocycles. The van der Waals surface area contributed by atoms with Crippen LogP contribution in [0.1, 0.15) is 43.0 Å². The summed E-state index contributed by atoms with van der Waals surface area (Å²) in [7, 11) is 0. The van der Waals surface area contributed by atoms with E-state index in [0.717, 1.165) is 18.2 Å². The van der Waals surface area contributed by atoms with E-state index in [-0.39, 0.29) is 5.91 Å². The smallest absolute Gasteiger partial charge is 0.256 e. The summed E-state index contributed by atoms with van der Waals surface area (Å²) in [6, 6.07) is 9.74. The van der Waals surface area contributed by atoms with Gasteiger partial charge in [0.05, 0.1) is 11.6 Å². The van der Waals surface area contributed by atoms with Crippen LogP contribution in [0.25, 0.3) is 11.0 Å². The molecule has 21 heavy (non-hydrogen) atoms. The summed E-state index contributed by atoms with van der Waals surface area (Å²) >= 11 is 0. The zero-order valence-electron chi connectivity index (χ0n) is 12.1. The Morgan fingerprint density at radius 2 is 2.10 bits per heavy atom. The number of nitrogens with one attached hydrogen (secondary N) is 1. The lowest BCUT2D eigenvalue weighted by atomic mass is 9.78. The lowest BCUT2D eigenvalue weighted by molar-refractivity contribution is 0.0894. The number of hydrogen-bond donors (Lipinski definition) is 1. The summed E-state index contributed by atoms with van der Waals surface area (Å²) in [6.07, 6.45) is 4.84. The standard InChI is InChI=1S/C17H18N2O2/c1-12-6-8-17(11-18,9-7-12)19-16(20)14-10-21-15-5-3-2-4-13(14)15/h2-5,10,12H,6-9H2,1H3,(H,19,20). The van der Waals surface area contributed by atoms with Gasteiger partial charge >= 0.3 is 0 Å². The molecular formula is C17H18N2O2. The van der Waals surface area contributed by atoms with E-state index in [0.29, 0.717) is 29.9 Å². The Balaban J connectivity index is 1.84. The number of amides is 1. The Morgan fingerprint density at radius 3 is 2.81 bits per heavy atom. The quantitative estimate of drug-likeness (QED) is 0.914. The monoisotopic (exact) mass is 282 g/mol. The molecule has 1 fully saturated rings. The Morgan fingerprint density at radius 1 is 1.38 bits per heavy atom. The van der Waals surface area contributed by atoms with Gasteiger partial charge in [-0.15, -0.1) is 0 Å². The first-order valence-corrected chi connectivity index (χ1v) is 7.33. The van der Waals surface area contributed by atoms with Crippen LogP contribution < -0.4 is 5.32 Å². The van der Waals surface area contributed by atoms with E-state index in [2.05, 4.69) is 18.3 Å². The average Bonchev–Trinajstić information content (AvgIpc) is 2.94. The number of nitrogens with zero attached hydrogens (tertiary/aromatic N) is 1. The van der Waals surface area contributed by atoms with Crippen molar-refractivity contribution in [2.75, 3.05) is 0 Å². The number of nitriles is 1. The van der Waals surface area contributed by atoms with Crippen LogP contribution >= 0.6 is 0 Å². The van der Waals surface area contributed by atoms with E-state index in [1.807, 2.05) is 24.3 Å². The van der Waals surface area contributed by atoms with E-state index in [4.69, 9.17) is 4.42 Å². The molecule has 0 saturated heterocycles. The number of carbonyl (C=O) groups excluding carboxylic acids is 1. The third-order valence-corrected chi connectivity index (χ3v) is 4.42. The highest BCUT2D eigenvalue weighted by Crippen LogP contribution is 2.32. The van der Waals surface area contributed by atoms with Gasteiger partial charge in [0.1, 0.15) is 17.4 Å². The molecule has 4 heteroatoms. The third kappa shape index (κ3) is 2.52. The van der Waals surface area contributed by atoms with Crippen molar-refractivity contribution in [2.45, 2.75) is 38.1 Å². The third-order valence-electron chi connectivity index (χ3n) is 4.42. The van der Waals surface area contributed by atoms with Crippen molar-refractivity contribution in [3.63, 3.8) is 0 Å². The second kappa shape index (κ2) is 5.25. The molecule has 108 valence electrons. The van der Waals surface area contributed by atoms with Crippen LogP contribution in [-0.4, -0.2) is 11.4 Å². The molecule has 1 aromatic carbocycles. The molecule has 1 saturated carbocycles. The van der Waals surface area contributed by atoms with Gasteiger partial charge in [-0.3, -0.25) is 4.79 Å². The van der Waals surface area contributed by atoms with Gasteiger partial charge in [-0.05, 0) is 37.7 Å². The minimum absolute atomic E-state index is 0.226. The summed E-state index contributed by atoms with van der Waals surface area (Å²) in [6.45, 7) is 2.19. The Kier molecular flexibility index (Phi) is 3.42. The summed E-state index contributed by atoms with van der Waals surface area (Å²) in [5.74, 6) is 0.397. The molecular weight excluding hydrogens is 264 g/mol. The molecule has 0 atom stereocenters. The molecule has 0 bridgehead atoms. The van der Waals surface area contributed by atoms with Gasteiger partial charge in [-0.25, -0.2) is 0 Å². The van der Waals surface area contributed by atoms with Crippen molar-refractivity contribution >= 4 is 16.9 Å². The largest absolute Gasteiger partial charge is 0.463 e. The van der Waals surface area contributed by atoms with Crippen LogP contribution in [0, 0.1) is 17.2 Å². The molecule has 1 N–H and O–H groups in total. The molecule has 1 aliphatic rings. The molecule has 2 aromatic rings. The van der Waals surface area contributed by atoms with E-state index in [9.17, 15) is 10.1 Å². The second-order valence-corrected chi connectivity index (χ2v) is 5.98. The van der Waals surface area contributed by atoms with Crippen molar-refractivity contribution < 1.29 is 9.21 Å². The fraction of sp³-hybridized carbons (Fsp3) is 0.412. The number of carbonyl (C=O) groups is 1. The zero-order chi connectivity index (χ0) is 14.9. The van der Waals surface area contributed by atoms with Gasteiger partial charge in [-0.1, -0.05) is 25.1 Å². The van der Waals surface area contributed by atoms with Gasteiger partial charge in [0.15, 0.2) is 0 Å². The number of furan rings is 1. The second-order valence-electron chi connectivity index (χ2n) is 5.98. The van der Waals surface area contributed by atoms with Crippen LogP contribution in [-0.2, 0) is 0 Å². The fourth-order valence-electron chi connectivity index (χ4n) is 2.96. The Labute approximate surface area is 123 Å². The van der Waals surface area contributed by atoms with Crippen molar-refractivity contribution in [1.82, 2.24) is 5.32 Å². The van der Waals surface area contributed by atoms with E-state index >= 15 is 0 Å². The number of hydrogen-bond acceptors (Lipinski definition) is 3. The topological polar surface area (TPSA) is 66.0 Å². The first-order chi connectivity index (χ1) is 10.1. The first-order valence-electron chi connectivity index (χ1n) is 7.33. The molecule has 1 aromatic heterocycles. The lowest BCUT2D eigenvalue weighted by Crippen LogP contribution is -2.49. The average molecular weight is 282 g/mol. The SMILES string of the molecule is CC1CCC(C#N)(NC(=O)c2coc3ccccc23)CC1. The summed E-state index contributed by atoms with van der Waals surface area (Å²) in [5.41, 5.74) is 0.451. The highest BCUT2D eigenvalue weighted by atomic mass is 16.3. The predicted molar refractivity (Wildman–Crippen MR) is 79.7 cm³/mol.